The van der Waals surface area contributed by atoms with Crippen LogP contribution in [0.15, 0.2) is 76.7 Å². The van der Waals surface area contributed by atoms with Gasteiger partial charge in [-0.1, -0.05) is 30.0 Å². The van der Waals surface area contributed by atoms with E-state index in [4.69, 9.17) is 14.2 Å². The lowest BCUT2D eigenvalue weighted by molar-refractivity contribution is -0.113. The minimum atomic E-state index is -0.418. The highest BCUT2D eigenvalue weighted by atomic mass is 32.2. The number of aromatic nitrogens is 2. The fourth-order valence-corrected chi connectivity index (χ4v) is 4.65. The summed E-state index contributed by atoms with van der Waals surface area (Å²) in [5, 5.41) is 3.73. The van der Waals surface area contributed by atoms with Gasteiger partial charge in [-0.3, -0.25) is 14.2 Å². The van der Waals surface area contributed by atoms with Gasteiger partial charge < -0.3 is 19.5 Å². The van der Waals surface area contributed by atoms with E-state index in [1.807, 2.05) is 24.3 Å². The van der Waals surface area contributed by atoms with Crippen molar-refractivity contribution in [1.82, 2.24) is 9.55 Å². The summed E-state index contributed by atoms with van der Waals surface area (Å²) >= 11 is 1.17. The third kappa shape index (κ3) is 5.44. The third-order valence-corrected chi connectivity index (χ3v) is 6.59. The zero-order valence-corrected chi connectivity index (χ0v) is 20.7. The van der Waals surface area contributed by atoms with Gasteiger partial charge in [0.05, 0.1) is 35.4 Å². The number of hydrogen-bond donors (Lipinski definition) is 1. The number of thioether (sulfide) groups is 1. The Morgan fingerprint density at radius 1 is 1.05 bits per heavy atom. The van der Waals surface area contributed by atoms with Crippen LogP contribution in [0.4, 0.5) is 5.69 Å². The Hall–Kier alpha value is -4.31. The van der Waals surface area contributed by atoms with Crippen molar-refractivity contribution in [3.05, 3.63) is 88.2 Å². The van der Waals surface area contributed by atoms with Crippen LogP contribution in [0.3, 0.4) is 0 Å². The summed E-state index contributed by atoms with van der Waals surface area (Å²) in [5.74, 6) is 0.631. The van der Waals surface area contributed by atoms with Gasteiger partial charge in [0.25, 0.3) is 5.56 Å². The second kappa shape index (κ2) is 10.8. The molecule has 5 rings (SSSR count). The summed E-state index contributed by atoms with van der Waals surface area (Å²) in [5.41, 5.74) is 2.16. The first-order valence-corrected chi connectivity index (χ1v) is 12.6. The maximum absolute atomic E-state index is 13.4. The number of para-hydroxylation sites is 1. The third-order valence-electron chi connectivity index (χ3n) is 5.62. The number of carbonyl (C=O) groups is 2. The Morgan fingerprint density at radius 2 is 1.84 bits per heavy atom. The first-order chi connectivity index (χ1) is 18.0. The lowest BCUT2D eigenvalue weighted by Crippen LogP contribution is -2.25. The second-order valence-corrected chi connectivity index (χ2v) is 9.07. The molecule has 1 aliphatic heterocycles. The molecule has 1 N–H and O–H groups in total. The highest BCUT2D eigenvalue weighted by Crippen LogP contribution is 2.33. The number of benzene rings is 3. The molecule has 9 nitrogen and oxygen atoms in total. The topological polar surface area (TPSA) is 109 Å². The lowest BCUT2D eigenvalue weighted by atomic mass is 10.2. The Morgan fingerprint density at radius 3 is 2.65 bits per heavy atom. The summed E-state index contributed by atoms with van der Waals surface area (Å²) < 4.78 is 17.4. The zero-order chi connectivity index (χ0) is 25.8. The molecule has 2 heterocycles. The lowest BCUT2D eigenvalue weighted by Gasteiger charge is -2.14. The number of fused-ring (bicyclic) bond motifs is 2. The fourth-order valence-electron chi connectivity index (χ4n) is 3.85. The van der Waals surface area contributed by atoms with Gasteiger partial charge in [0.1, 0.15) is 0 Å². The van der Waals surface area contributed by atoms with Crippen LogP contribution in [0.1, 0.15) is 22.8 Å². The van der Waals surface area contributed by atoms with Crippen molar-refractivity contribution in [2.45, 2.75) is 18.6 Å². The van der Waals surface area contributed by atoms with E-state index in [1.54, 1.807) is 54.0 Å². The number of esters is 1. The van der Waals surface area contributed by atoms with Crippen LogP contribution in [0.5, 0.6) is 11.5 Å². The Kier molecular flexibility index (Phi) is 7.09. The second-order valence-electron chi connectivity index (χ2n) is 8.13. The molecule has 0 radical (unpaired) electrons. The molecule has 188 valence electrons. The normalized spacial score (nSPS) is 11.9. The summed E-state index contributed by atoms with van der Waals surface area (Å²) in [6, 6.07) is 19.1. The Balaban J connectivity index is 1.34. The summed E-state index contributed by atoms with van der Waals surface area (Å²) in [4.78, 5) is 42.5. The molecule has 4 aromatic rings. The van der Waals surface area contributed by atoms with Gasteiger partial charge >= 0.3 is 5.97 Å². The molecule has 37 heavy (non-hydrogen) atoms. The molecule has 0 fully saturated rings. The highest BCUT2D eigenvalue weighted by Gasteiger charge is 2.17. The molecule has 0 spiro atoms. The van der Waals surface area contributed by atoms with Crippen molar-refractivity contribution >= 4 is 40.2 Å². The van der Waals surface area contributed by atoms with E-state index in [1.165, 1.54) is 11.8 Å². The predicted octanol–water partition coefficient (Wildman–Crippen LogP) is 4.08. The number of rotatable bonds is 8. The van der Waals surface area contributed by atoms with Crippen LogP contribution in [0.25, 0.3) is 10.9 Å². The van der Waals surface area contributed by atoms with Crippen molar-refractivity contribution < 1.29 is 23.8 Å². The summed E-state index contributed by atoms with van der Waals surface area (Å²) in [7, 11) is 0. The molecular formula is C27H23N3O6S. The monoisotopic (exact) mass is 517 g/mol. The van der Waals surface area contributed by atoms with E-state index in [9.17, 15) is 14.4 Å². The summed E-state index contributed by atoms with van der Waals surface area (Å²) in [6.45, 7) is 2.45. The van der Waals surface area contributed by atoms with Crippen LogP contribution in [-0.2, 0) is 16.1 Å². The van der Waals surface area contributed by atoms with Crippen LogP contribution in [0.2, 0.25) is 0 Å². The SMILES string of the molecule is CCOC(=O)c1ccc(NC(=O)CSc2nc3ccccc3c(=O)n2Cc2ccc3c(c2)OCO3)cc1. The van der Waals surface area contributed by atoms with E-state index in [0.717, 1.165) is 5.56 Å². The largest absolute Gasteiger partial charge is 0.462 e. The van der Waals surface area contributed by atoms with Crippen LogP contribution in [0, 0.1) is 0 Å². The average molecular weight is 518 g/mol. The van der Waals surface area contributed by atoms with Gasteiger partial charge in [-0.15, -0.1) is 0 Å². The minimum absolute atomic E-state index is 0.0333. The van der Waals surface area contributed by atoms with Gasteiger partial charge in [0.2, 0.25) is 12.7 Å². The van der Waals surface area contributed by atoms with Crippen molar-refractivity contribution in [3.63, 3.8) is 0 Å². The first-order valence-electron chi connectivity index (χ1n) is 11.6. The predicted molar refractivity (Wildman–Crippen MR) is 139 cm³/mol. The Bertz CT molecular complexity index is 1530. The first kappa shape index (κ1) is 24.4. The number of nitrogens with one attached hydrogen (secondary N) is 1. The van der Waals surface area contributed by atoms with Crippen LogP contribution in [-0.4, -0.2) is 40.6 Å². The van der Waals surface area contributed by atoms with Crippen LogP contribution >= 0.6 is 11.8 Å². The number of carbonyl (C=O) groups excluding carboxylic acids is 2. The van der Waals surface area contributed by atoms with E-state index in [2.05, 4.69) is 10.3 Å². The molecule has 3 aromatic carbocycles. The van der Waals surface area contributed by atoms with E-state index in [0.29, 0.717) is 38.8 Å². The quantitative estimate of drug-likeness (QED) is 0.212. The molecule has 0 atom stereocenters. The van der Waals surface area contributed by atoms with Gasteiger partial charge in [-0.2, -0.15) is 0 Å². The molecule has 0 bridgehead atoms. The molecule has 0 saturated carbocycles. The van der Waals surface area contributed by atoms with E-state index < -0.39 is 5.97 Å². The van der Waals surface area contributed by atoms with E-state index in [-0.39, 0.29) is 37.2 Å². The smallest absolute Gasteiger partial charge is 0.338 e. The molecule has 10 heteroatoms. The number of ether oxygens (including phenoxy) is 3. The van der Waals surface area contributed by atoms with Crippen LogP contribution < -0.4 is 20.3 Å². The van der Waals surface area contributed by atoms with E-state index >= 15 is 0 Å². The Labute approximate surface area is 216 Å². The van der Waals surface area contributed by atoms with Crippen molar-refractivity contribution in [1.29, 1.82) is 0 Å². The molecular weight excluding hydrogens is 494 g/mol. The fraction of sp³-hybridized carbons (Fsp3) is 0.185. The number of hydrogen-bond acceptors (Lipinski definition) is 8. The van der Waals surface area contributed by atoms with Gasteiger partial charge in [0, 0.05) is 5.69 Å². The molecule has 1 aromatic heterocycles. The maximum atomic E-state index is 13.4. The average Bonchev–Trinajstić information content (AvgIpc) is 3.38. The minimum Gasteiger partial charge on any atom is -0.462 e. The van der Waals surface area contributed by atoms with Gasteiger partial charge in [-0.25, -0.2) is 9.78 Å². The number of anilines is 1. The van der Waals surface area contributed by atoms with Crippen molar-refractivity contribution in [2.75, 3.05) is 24.5 Å². The van der Waals surface area contributed by atoms with Crippen molar-refractivity contribution in [2.24, 2.45) is 0 Å². The number of nitrogens with zero attached hydrogens (tertiary/aromatic N) is 2. The molecule has 1 aliphatic rings. The molecule has 0 unspecified atom stereocenters. The summed E-state index contributed by atoms with van der Waals surface area (Å²) in [6.07, 6.45) is 0. The highest BCUT2D eigenvalue weighted by molar-refractivity contribution is 7.99. The molecule has 0 aliphatic carbocycles. The molecule has 1 amide bonds. The standard InChI is InChI=1S/C27H23N3O6S/c1-2-34-26(33)18-8-10-19(11-9-18)28-24(31)15-37-27-29-21-6-4-3-5-20(21)25(32)30(27)14-17-7-12-22-23(13-17)36-16-35-22/h3-13H,2,14-16H2,1H3,(H,28,31). The maximum Gasteiger partial charge on any atom is 0.338 e. The van der Waals surface area contributed by atoms with Gasteiger partial charge in [-0.05, 0) is 61.0 Å². The number of amides is 1. The molecule has 0 saturated heterocycles. The van der Waals surface area contributed by atoms with Crippen molar-refractivity contribution in [3.8, 4) is 11.5 Å². The zero-order valence-electron chi connectivity index (χ0n) is 19.9. The van der Waals surface area contributed by atoms with Gasteiger partial charge in [0.15, 0.2) is 16.7 Å².